The van der Waals surface area contributed by atoms with Gasteiger partial charge in [-0.05, 0) is 31.6 Å². The van der Waals surface area contributed by atoms with Gasteiger partial charge in [0.2, 0.25) is 0 Å². The zero-order valence-electron chi connectivity index (χ0n) is 7.03. The highest BCUT2D eigenvalue weighted by atomic mass is 15.3. The van der Waals surface area contributed by atoms with Gasteiger partial charge in [0, 0.05) is 11.8 Å². The van der Waals surface area contributed by atoms with Gasteiger partial charge in [0.15, 0.2) is 0 Å². The van der Waals surface area contributed by atoms with E-state index in [9.17, 15) is 0 Å². The van der Waals surface area contributed by atoms with Crippen LogP contribution in [0.5, 0.6) is 0 Å². The average Bonchev–Trinajstić information content (AvgIpc) is 2.93. The van der Waals surface area contributed by atoms with Crippen LogP contribution in [0.25, 0.3) is 0 Å². The van der Waals surface area contributed by atoms with E-state index in [1.165, 1.54) is 31.2 Å². The third-order valence-electron chi connectivity index (χ3n) is 2.73. The Morgan fingerprint density at radius 2 is 2.08 bits per heavy atom. The molecule has 3 heteroatoms. The summed E-state index contributed by atoms with van der Waals surface area (Å²) < 4.78 is 2.06. The van der Waals surface area contributed by atoms with Gasteiger partial charge < -0.3 is 5.73 Å². The van der Waals surface area contributed by atoms with Gasteiger partial charge in [-0.1, -0.05) is 0 Å². The molecule has 2 N–H and O–H groups in total. The summed E-state index contributed by atoms with van der Waals surface area (Å²) in [6.45, 7) is 0. The Kier molecular flexibility index (Phi) is 1.10. The number of rotatable bonds is 2. The second-order valence-corrected chi connectivity index (χ2v) is 3.96. The van der Waals surface area contributed by atoms with Crippen LogP contribution < -0.4 is 5.73 Å². The first-order chi connectivity index (χ1) is 5.84. The van der Waals surface area contributed by atoms with Crippen molar-refractivity contribution in [1.29, 1.82) is 0 Å². The van der Waals surface area contributed by atoms with Gasteiger partial charge in [-0.25, -0.2) is 0 Å². The summed E-state index contributed by atoms with van der Waals surface area (Å²) in [5, 5.41) is 4.33. The summed E-state index contributed by atoms with van der Waals surface area (Å²) in [7, 11) is 0. The molecule has 0 saturated heterocycles. The standard InChI is InChI=1S/C9H13N3/c10-9-8(6-1-2-6)5-12(11-9)7-3-4-7/h5-7H,1-4H2,(H2,10,11). The van der Waals surface area contributed by atoms with Crippen LogP contribution in [-0.2, 0) is 0 Å². The Morgan fingerprint density at radius 1 is 1.33 bits per heavy atom. The SMILES string of the molecule is Nc1nn(C2CC2)cc1C1CC1. The van der Waals surface area contributed by atoms with Crippen LogP contribution in [0.4, 0.5) is 5.82 Å². The van der Waals surface area contributed by atoms with E-state index in [-0.39, 0.29) is 0 Å². The maximum atomic E-state index is 5.82. The van der Waals surface area contributed by atoms with E-state index >= 15 is 0 Å². The lowest BCUT2D eigenvalue weighted by Crippen LogP contribution is -1.95. The zero-order valence-corrected chi connectivity index (χ0v) is 7.03. The molecule has 0 radical (unpaired) electrons. The predicted octanol–water partition coefficient (Wildman–Crippen LogP) is 1.68. The second kappa shape index (κ2) is 2.03. The van der Waals surface area contributed by atoms with Crippen molar-refractivity contribution >= 4 is 5.82 Å². The van der Waals surface area contributed by atoms with Crippen LogP contribution in [-0.4, -0.2) is 9.78 Å². The molecule has 2 fully saturated rings. The maximum absolute atomic E-state index is 5.82. The largest absolute Gasteiger partial charge is 0.382 e. The fourth-order valence-electron chi connectivity index (χ4n) is 1.65. The summed E-state index contributed by atoms with van der Waals surface area (Å²) in [6.07, 6.45) is 7.34. The van der Waals surface area contributed by atoms with Crippen molar-refractivity contribution in [2.75, 3.05) is 5.73 Å². The molecule has 64 valence electrons. The molecular formula is C9H13N3. The first-order valence-electron chi connectivity index (χ1n) is 4.69. The Balaban J connectivity index is 1.96. The number of anilines is 1. The van der Waals surface area contributed by atoms with Gasteiger partial charge >= 0.3 is 0 Å². The number of hydrogen-bond donors (Lipinski definition) is 1. The molecule has 12 heavy (non-hydrogen) atoms. The third kappa shape index (κ3) is 0.924. The van der Waals surface area contributed by atoms with E-state index in [0.29, 0.717) is 6.04 Å². The van der Waals surface area contributed by atoms with Crippen LogP contribution in [0.15, 0.2) is 6.20 Å². The van der Waals surface area contributed by atoms with Crippen molar-refractivity contribution in [3.8, 4) is 0 Å². The van der Waals surface area contributed by atoms with Crippen LogP contribution in [0, 0.1) is 0 Å². The molecule has 1 heterocycles. The summed E-state index contributed by atoms with van der Waals surface area (Å²) >= 11 is 0. The summed E-state index contributed by atoms with van der Waals surface area (Å²) in [5.74, 6) is 1.50. The first kappa shape index (κ1) is 6.52. The van der Waals surface area contributed by atoms with Crippen LogP contribution in [0.2, 0.25) is 0 Å². The van der Waals surface area contributed by atoms with Gasteiger partial charge in [0.25, 0.3) is 0 Å². The molecule has 0 amide bonds. The number of nitrogens with two attached hydrogens (primary N) is 1. The monoisotopic (exact) mass is 163 g/mol. The lowest BCUT2D eigenvalue weighted by Gasteiger charge is -1.92. The molecule has 2 saturated carbocycles. The minimum Gasteiger partial charge on any atom is -0.382 e. The number of nitrogen functional groups attached to an aromatic ring is 1. The second-order valence-electron chi connectivity index (χ2n) is 3.96. The van der Waals surface area contributed by atoms with E-state index in [1.807, 2.05) is 0 Å². The quantitative estimate of drug-likeness (QED) is 0.720. The molecule has 0 unspecified atom stereocenters. The van der Waals surface area contributed by atoms with Crippen molar-refractivity contribution in [2.24, 2.45) is 0 Å². The lowest BCUT2D eigenvalue weighted by molar-refractivity contribution is 0.643. The average molecular weight is 163 g/mol. The van der Waals surface area contributed by atoms with Gasteiger partial charge in [0.1, 0.15) is 5.82 Å². The zero-order chi connectivity index (χ0) is 8.13. The van der Waals surface area contributed by atoms with Crippen molar-refractivity contribution in [1.82, 2.24) is 9.78 Å². The fraction of sp³-hybridized carbons (Fsp3) is 0.667. The fourth-order valence-corrected chi connectivity index (χ4v) is 1.65. The van der Waals surface area contributed by atoms with Gasteiger partial charge in [-0.2, -0.15) is 5.10 Å². The molecule has 2 aliphatic carbocycles. The minimum absolute atomic E-state index is 0.666. The van der Waals surface area contributed by atoms with Crippen molar-refractivity contribution in [2.45, 2.75) is 37.6 Å². The Labute approximate surface area is 71.6 Å². The highest BCUT2D eigenvalue weighted by Crippen LogP contribution is 2.44. The van der Waals surface area contributed by atoms with Crippen molar-refractivity contribution in [3.05, 3.63) is 11.8 Å². The van der Waals surface area contributed by atoms with Crippen molar-refractivity contribution < 1.29 is 0 Å². The molecule has 0 atom stereocenters. The summed E-state index contributed by atoms with van der Waals surface area (Å²) in [4.78, 5) is 0. The van der Waals surface area contributed by atoms with E-state index in [0.717, 1.165) is 11.7 Å². The molecule has 3 rings (SSSR count). The topological polar surface area (TPSA) is 43.8 Å². The number of hydrogen-bond acceptors (Lipinski definition) is 2. The Morgan fingerprint density at radius 3 is 2.67 bits per heavy atom. The van der Waals surface area contributed by atoms with Gasteiger partial charge in [-0.15, -0.1) is 0 Å². The summed E-state index contributed by atoms with van der Waals surface area (Å²) in [5.41, 5.74) is 7.11. The Bertz CT molecular complexity index is 308. The lowest BCUT2D eigenvalue weighted by atomic mass is 10.2. The molecular weight excluding hydrogens is 150 g/mol. The van der Waals surface area contributed by atoms with E-state index in [1.54, 1.807) is 0 Å². The van der Waals surface area contributed by atoms with Crippen molar-refractivity contribution in [3.63, 3.8) is 0 Å². The molecule has 1 aromatic rings. The molecule has 0 aliphatic heterocycles. The van der Waals surface area contributed by atoms with Gasteiger partial charge in [-0.3, -0.25) is 4.68 Å². The maximum Gasteiger partial charge on any atom is 0.148 e. The number of nitrogens with zero attached hydrogens (tertiary/aromatic N) is 2. The van der Waals surface area contributed by atoms with Crippen LogP contribution >= 0.6 is 0 Å². The molecule has 0 aromatic carbocycles. The first-order valence-corrected chi connectivity index (χ1v) is 4.69. The van der Waals surface area contributed by atoms with E-state index in [4.69, 9.17) is 5.73 Å². The van der Waals surface area contributed by atoms with E-state index in [2.05, 4.69) is 16.0 Å². The highest BCUT2D eigenvalue weighted by Gasteiger charge is 2.31. The minimum atomic E-state index is 0.666. The highest BCUT2D eigenvalue weighted by molar-refractivity contribution is 5.42. The number of aromatic nitrogens is 2. The Hall–Kier alpha value is -0.990. The predicted molar refractivity (Wildman–Crippen MR) is 46.9 cm³/mol. The van der Waals surface area contributed by atoms with Gasteiger partial charge in [0.05, 0.1) is 6.04 Å². The normalized spacial score (nSPS) is 23.0. The molecule has 0 spiro atoms. The summed E-state index contributed by atoms with van der Waals surface area (Å²) in [6, 6.07) is 0.666. The van der Waals surface area contributed by atoms with Crippen LogP contribution in [0.3, 0.4) is 0 Å². The molecule has 0 bridgehead atoms. The molecule has 1 aromatic heterocycles. The smallest absolute Gasteiger partial charge is 0.148 e. The molecule has 2 aliphatic rings. The van der Waals surface area contributed by atoms with Crippen LogP contribution in [0.1, 0.15) is 43.2 Å². The third-order valence-corrected chi connectivity index (χ3v) is 2.73. The van der Waals surface area contributed by atoms with E-state index < -0.39 is 0 Å². The molecule has 3 nitrogen and oxygen atoms in total.